The largest absolute Gasteiger partial charge is 0.310 e. The van der Waals surface area contributed by atoms with Gasteiger partial charge in [-0.1, -0.05) is 20.8 Å². The van der Waals surface area contributed by atoms with E-state index in [1.54, 1.807) is 0 Å². The first kappa shape index (κ1) is 10.6. The van der Waals surface area contributed by atoms with E-state index < -0.39 is 0 Å². The number of hydrogen-bond acceptors (Lipinski definition) is 2. The molecule has 0 aliphatic carbocycles. The van der Waals surface area contributed by atoms with E-state index in [2.05, 4.69) is 12.2 Å². The van der Waals surface area contributed by atoms with E-state index in [9.17, 15) is 4.79 Å². The molecule has 2 nitrogen and oxygen atoms in total. The van der Waals surface area contributed by atoms with Crippen LogP contribution in [0.25, 0.3) is 0 Å². The zero-order valence-electron chi connectivity index (χ0n) is 7.81. The van der Waals surface area contributed by atoms with Crippen LogP contribution >= 0.6 is 0 Å². The van der Waals surface area contributed by atoms with Crippen LogP contribution in [0.4, 0.5) is 0 Å². The smallest absolute Gasteiger partial charge is 0.149 e. The van der Waals surface area contributed by atoms with Gasteiger partial charge in [0, 0.05) is 5.92 Å². The minimum atomic E-state index is 0.222. The van der Waals surface area contributed by atoms with Crippen LogP contribution in [0.3, 0.4) is 0 Å². The lowest BCUT2D eigenvalue weighted by Crippen LogP contribution is -2.27. The first-order valence-corrected chi connectivity index (χ1v) is 4.45. The van der Waals surface area contributed by atoms with Crippen molar-refractivity contribution >= 4 is 5.78 Å². The Hall–Kier alpha value is -0.370. The zero-order valence-corrected chi connectivity index (χ0v) is 7.81. The molecule has 0 aliphatic rings. The molecule has 0 rings (SSSR count). The van der Waals surface area contributed by atoms with Gasteiger partial charge in [-0.2, -0.15) is 0 Å². The summed E-state index contributed by atoms with van der Waals surface area (Å²) in [6.45, 7) is 7.62. The van der Waals surface area contributed by atoms with Crippen molar-refractivity contribution < 1.29 is 4.79 Å². The number of nitrogens with one attached hydrogen (secondary N) is 1. The van der Waals surface area contributed by atoms with Gasteiger partial charge in [0.15, 0.2) is 0 Å². The fourth-order valence-electron chi connectivity index (χ4n) is 0.790. The Morgan fingerprint density at radius 3 is 2.55 bits per heavy atom. The summed E-state index contributed by atoms with van der Waals surface area (Å²) in [6.07, 6.45) is 2.04. The Morgan fingerprint density at radius 2 is 2.09 bits per heavy atom. The third-order valence-corrected chi connectivity index (χ3v) is 1.89. The molecule has 11 heavy (non-hydrogen) atoms. The Kier molecular flexibility index (Phi) is 6.13. The molecule has 0 saturated carbocycles. The van der Waals surface area contributed by atoms with Crippen LogP contribution in [0.2, 0.25) is 0 Å². The van der Waals surface area contributed by atoms with Gasteiger partial charge >= 0.3 is 0 Å². The second-order valence-corrected chi connectivity index (χ2v) is 2.95. The lowest BCUT2D eigenvalue weighted by molar-refractivity contribution is -0.121. The molecule has 66 valence electrons. The molecule has 0 spiro atoms. The maximum Gasteiger partial charge on any atom is 0.149 e. The van der Waals surface area contributed by atoms with Crippen molar-refractivity contribution in [1.29, 1.82) is 0 Å². The first-order chi connectivity index (χ1) is 5.22. The van der Waals surface area contributed by atoms with Crippen LogP contribution in [0.15, 0.2) is 0 Å². The highest BCUT2D eigenvalue weighted by Crippen LogP contribution is 2.00. The summed E-state index contributed by atoms with van der Waals surface area (Å²) in [5.41, 5.74) is 0. The van der Waals surface area contributed by atoms with E-state index >= 15 is 0 Å². The van der Waals surface area contributed by atoms with Crippen LogP contribution in [0.1, 0.15) is 33.6 Å². The monoisotopic (exact) mass is 157 g/mol. The highest BCUT2D eigenvalue weighted by Gasteiger charge is 2.08. The topological polar surface area (TPSA) is 29.1 Å². The molecule has 0 unspecified atom stereocenters. The summed E-state index contributed by atoms with van der Waals surface area (Å²) in [6, 6.07) is 0. The van der Waals surface area contributed by atoms with E-state index in [0.717, 1.165) is 19.4 Å². The van der Waals surface area contributed by atoms with E-state index in [-0.39, 0.29) is 5.92 Å². The molecule has 0 bridgehead atoms. The summed E-state index contributed by atoms with van der Waals surface area (Å²) >= 11 is 0. The van der Waals surface area contributed by atoms with Crippen molar-refractivity contribution in [2.45, 2.75) is 33.6 Å². The highest BCUT2D eigenvalue weighted by molar-refractivity contribution is 5.82. The van der Waals surface area contributed by atoms with Crippen LogP contribution in [0.5, 0.6) is 0 Å². The van der Waals surface area contributed by atoms with Crippen LogP contribution in [-0.2, 0) is 4.79 Å². The van der Waals surface area contributed by atoms with Gasteiger partial charge in [-0.3, -0.25) is 4.79 Å². The molecule has 0 aliphatic heterocycles. The Balaban J connectivity index is 3.36. The van der Waals surface area contributed by atoms with Crippen LogP contribution in [-0.4, -0.2) is 18.9 Å². The zero-order chi connectivity index (χ0) is 8.69. The molecule has 0 radical (unpaired) electrons. The summed E-state index contributed by atoms with van der Waals surface area (Å²) in [5.74, 6) is 0.556. The maximum absolute atomic E-state index is 11.2. The number of ketones is 1. The lowest BCUT2D eigenvalue weighted by atomic mass is 10.0. The normalized spacial score (nSPS) is 13.0. The molecule has 0 aromatic carbocycles. The number of Topliss-reactive ketones (excluding diaryl/α,β-unsaturated/α-hetero) is 1. The molecular formula is C9H19NO. The van der Waals surface area contributed by atoms with Gasteiger partial charge in [0.05, 0.1) is 6.54 Å². The van der Waals surface area contributed by atoms with Crippen LogP contribution < -0.4 is 5.32 Å². The van der Waals surface area contributed by atoms with E-state index in [1.165, 1.54) is 0 Å². The summed E-state index contributed by atoms with van der Waals surface area (Å²) in [4.78, 5) is 11.2. The molecule has 0 amide bonds. The quantitative estimate of drug-likeness (QED) is 0.593. The maximum atomic E-state index is 11.2. The van der Waals surface area contributed by atoms with Gasteiger partial charge in [0.25, 0.3) is 0 Å². The summed E-state index contributed by atoms with van der Waals surface area (Å²) < 4.78 is 0. The lowest BCUT2D eigenvalue weighted by Gasteiger charge is -2.07. The molecule has 0 aromatic rings. The minimum Gasteiger partial charge on any atom is -0.310 e. The van der Waals surface area contributed by atoms with E-state index in [1.807, 2.05) is 13.8 Å². The number of hydrogen-bond donors (Lipinski definition) is 1. The molecule has 0 fully saturated rings. The van der Waals surface area contributed by atoms with Crippen molar-refractivity contribution in [2.75, 3.05) is 13.1 Å². The predicted octanol–water partition coefficient (Wildman–Crippen LogP) is 1.60. The number of carbonyl (C=O) groups is 1. The fourth-order valence-corrected chi connectivity index (χ4v) is 0.790. The first-order valence-electron chi connectivity index (χ1n) is 4.45. The van der Waals surface area contributed by atoms with E-state index in [0.29, 0.717) is 12.3 Å². The Labute approximate surface area is 69.4 Å². The third-order valence-electron chi connectivity index (χ3n) is 1.89. The van der Waals surface area contributed by atoms with Crippen molar-refractivity contribution in [1.82, 2.24) is 5.32 Å². The third kappa shape index (κ3) is 4.96. The van der Waals surface area contributed by atoms with Gasteiger partial charge < -0.3 is 5.32 Å². The molecule has 1 N–H and O–H groups in total. The minimum absolute atomic E-state index is 0.222. The summed E-state index contributed by atoms with van der Waals surface area (Å²) in [7, 11) is 0. The average Bonchev–Trinajstić information content (AvgIpc) is 2.03. The van der Waals surface area contributed by atoms with Gasteiger partial charge in [0.1, 0.15) is 5.78 Å². The highest BCUT2D eigenvalue weighted by atomic mass is 16.1. The number of rotatable bonds is 6. The Morgan fingerprint density at radius 1 is 1.45 bits per heavy atom. The second-order valence-electron chi connectivity index (χ2n) is 2.95. The molecule has 0 saturated heterocycles. The fraction of sp³-hybridized carbons (Fsp3) is 0.889. The van der Waals surface area contributed by atoms with Crippen molar-refractivity contribution in [2.24, 2.45) is 5.92 Å². The second kappa shape index (κ2) is 6.35. The average molecular weight is 157 g/mol. The van der Waals surface area contributed by atoms with Gasteiger partial charge in [0.2, 0.25) is 0 Å². The number of carbonyl (C=O) groups excluding carboxylic acids is 1. The van der Waals surface area contributed by atoms with Gasteiger partial charge in [-0.05, 0) is 19.4 Å². The van der Waals surface area contributed by atoms with E-state index in [4.69, 9.17) is 0 Å². The molecule has 2 heteroatoms. The summed E-state index contributed by atoms with van der Waals surface area (Å²) in [5, 5.41) is 3.10. The SMILES string of the molecule is CCCNCC(=O)[C@H](C)CC. The Bertz CT molecular complexity index is 112. The van der Waals surface area contributed by atoms with Crippen molar-refractivity contribution in [3.63, 3.8) is 0 Å². The standard InChI is InChI=1S/C9H19NO/c1-4-6-10-7-9(11)8(3)5-2/h8,10H,4-7H2,1-3H3/t8-/m1/s1. The molecule has 1 atom stereocenters. The van der Waals surface area contributed by atoms with Crippen molar-refractivity contribution in [3.05, 3.63) is 0 Å². The van der Waals surface area contributed by atoms with Gasteiger partial charge in [-0.15, -0.1) is 0 Å². The van der Waals surface area contributed by atoms with Crippen molar-refractivity contribution in [3.8, 4) is 0 Å². The van der Waals surface area contributed by atoms with Crippen LogP contribution in [0, 0.1) is 5.92 Å². The molecule has 0 heterocycles. The van der Waals surface area contributed by atoms with Gasteiger partial charge in [-0.25, -0.2) is 0 Å². The molecule has 0 aromatic heterocycles. The predicted molar refractivity (Wildman–Crippen MR) is 47.6 cm³/mol. The molecular weight excluding hydrogens is 138 g/mol.